The number of furan rings is 1. The number of pyridine rings is 1. The average Bonchev–Trinajstić information content (AvgIpc) is 2.29. The highest BCUT2D eigenvalue weighted by Gasteiger charge is 2.05. The lowest BCUT2D eigenvalue weighted by Crippen LogP contribution is -1.80. The van der Waals surface area contributed by atoms with Crippen molar-refractivity contribution in [1.82, 2.24) is 4.98 Å². The fraction of sp³-hybridized carbons (Fsp3) is 0.125. The number of rotatable bonds is 0. The van der Waals surface area contributed by atoms with Gasteiger partial charge in [0.25, 0.3) is 0 Å². The van der Waals surface area contributed by atoms with Crippen LogP contribution in [0, 0.1) is 6.92 Å². The Morgan fingerprint density at radius 3 is 3.00 bits per heavy atom. The molecule has 0 aliphatic carbocycles. The first-order valence-electron chi connectivity index (χ1n) is 3.39. The maximum Gasteiger partial charge on any atom is 0.170 e. The van der Waals surface area contributed by atoms with Crippen molar-refractivity contribution in [2.45, 2.75) is 6.92 Å². The minimum absolute atomic E-state index is 0.460. The SMILES string of the molecule is Cc1nc(Cl)cc2oc(Br)cc12. The van der Waals surface area contributed by atoms with Gasteiger partial charge in [0, 0.05) is 17.5 Å². The molecule has 2 nitrogen and oxygen atoms in total. The largest absolute Gasteiger partial charge is 0.449 e. The van der Waals surface area contributed by atoms with Crippen LogP contribution in [0.1, 0.15) is 5.69 Å². The summed E-state index contributed by atoms with van der Waals surface area (Å²) in [7, 11) is 0. The van der Waals surface area contributed by atoms with Crippen molar-refractivity contribution in [3.63, 3.8) is 0 Å². The Kier molecular flexibility index (Phi) is 1.85. The molecule has 12 heavy (non-hydrogen) atoms. The smallest absolute Gasteiger partial charge is 0.170 e. The maximum atomic E-state index is 5.75. The van der Waals surface area contributed by atoms with E-state index in [0.717, 1.165) is 16.7 Å². The third kappa shape index (κ3) is 1.23. The van der Waals surface area contributed by atoms with E-state index in [9.17, 15) is 0 Å². The van der Waals surface area contributed by atoms with Crippen molar-refractivity contribution >= 4 is 38.5 Å². The van der Waals surface area contributed by atoms with E-state index in [-0.39, 0.29) is 0 Å². The summed E-state index contributed by atoms with van der Waals surface area (Å²) in [5.74, 6) is 0. The van der Waals surface area contributed by atoms with Gasteiger partial charge in [-0.15, -0.1) is 0 Å². The quantitative estimate of drug-likeness (QED) is 0.664. The summed E-state index contributed by atoms with van der Waals surface area (Å²) in [6, 6.07) is 3.59. The topological polar surface area (TPSA) is 26.0 Å². The van der Waals surface area contributed by atoms with E-state index in [1.807, 2.05) is 13.0 Å². The first-order valence-corrected chi connectivity index (χ1v) is 4.56. The zero-order chi connectivity index (χ0) is 8.72. The Bertz CT molecular complexity index is 438. The van der Waals surface area contributed by atoms with Gasteiger partial charge in [0.1, 0.15) is 10.7 Å². The molecule has 0 spiro atoms. The Morgan fingerprint density at radius 1 is 1.50 bits per heavy atom. The van der Waals surface area contributed by atoms with Crippen LogP contribution in [0.5, 0.6) is 0 Å². The van der Waals surface area contributed by atoms with E-state index in [2.05, 4.69) is 20.9 Å². The Hall–Kier alpha value is -0.540. The summed E-state index contributed by atoms with van der Waals surface area (Å²) >= 11 is 8.99. The third-order valence-corrected chi connectivity index (χ3v) is 2.23. The van der Waals surface area contributed by atoms with Gasteiger partial charge >= 0.3 is 0 Å². The normalized spacial score (nSPS) is 10.9. The van der Waals surface area contributed by atoms with Crippen molar-refractivity contribution in [3.8, 4) is 0 Å². The second-order valence-corrected chi connectivity index (χ2v) is 3.66. The van der Waals surface area contributed by atoms with Gasteiger partial charge in [0.2, 0.25) is 0 Å². The number of aromatic nitrogens is 1. The number of hydrogen-bond acceptors (Lipinski definition) is 2. The van der Waals surface area contributed by atoms with E-state index < -0.39 is 0 Å². The molecular weight excluding hydrogens is 241 g/mol. The molecule has 62 valence electrons. The van der Waals surface area contributed by atoms with Crippen LogP contribution in [-0.2, 0) is 0 Å². The van der Waals surface area contributed by atoms with E-state index in [1.165, 1.54) is 0 Å². The van der Waals surface area contributed by atoms with Crippen LogP contribution in [0.15, 0.2) is 21.2 Å². The molecule has 0 atom stereocenters. The summed E-state index contributed by atoms with van der Waals surface area (Å²) in [6.45, 7) is 1.90. The lowest BCUT2D eigenvalue weighted by molar-refractivity contribution is 0.587. The first-order chi connectivity index (χ1) is 5.66. The molecule has 0 amide bonds. The summed E-state index contributed by atoms with van der Waals surface area (Å²) in [6.07, 6.45) is 0. The van der Waals surface area contributed by atoms with E-state index in [4.69, 9.17) is 16.0 Å². The number of aryl methyl sites for hydroxylation is 1. The van der Waals surface area contributed by atoms with Crippen molar-refractivity contribution in [3.05, 3.63) is 27.6 Å². The molecule has 2 heterocycles. The molecule has 2 aromatic rings. The summed E-state index contributed by atoms with van der Waals surface area (Å²) in [5, 5.41) is 1.45. The van der Waals surface area contributed by atoms with Gasteiger partial charge in [0.15, 0.2) is 4.67 Å². The molecule has 0 saturated carbocycles. The van der Waals surface area contributed by atoms with Crippen LogP contribution in [0.4, 0.5) is 0 Å². The van der Waals surface area contributed by atoms with Crippen molar-refractivity contribution in [2.75, 3.05) is 0 Å². The minimum atomic E-state index is 0.460. The molecule has 2 aromatic heterocycles. The van der Waals surface area contributed by atoms with Gasteiger partial charge < -0.3 is 4.42 Å². The molecule has 4 heteroatoms. The number of nitrogens with zero attached hydrogens (tertiary/aromatic N) is 1. The van der Waals surface area contributed by atoms with Crippen molar-refractivity contribution < 1.29 is 4.42 Å². The summed E-state index contributed by atoms with van der Waals surface area (Å²) in [5.41, 5.74) is 1.64. The van der Waals surface area contributed by atoms with Gasteiger partial charge in [-0.1, -0.05) is 11.6 Å². The third-order valence-electron chi connectivity index (χ3n) is 1.65. The summed E-state index contributed by atoms with van der Waals surface area (Å²) in [4.78, 5) is 4.10. The van der Waals surface area contributed by atoms with Crippen LogP contribution >= 0.6 is 27.5 Å². The molecule has 0 saturated heterocycles. The molecule has 0 aliphatic heterocycles. The molecule has 0 fully saturated rings. The molecular formula is C8H5BrClNO. The second-order valence-electron chi connectivity index (χ2n) is 2.49. The molecule has 0 aliphatic rings. The van der Waals surface area contributed by atoms with Gasteiger partial charge in [-0.2, -0.15) is 0 Å². The zero-order valence-electron chi connectivity index (χ0n) is 6.27. The standard InChI is InChI=1S/C8H5BrClNO/c1-4-5-2-7(9)12-6(5)3-8(10)11-4/h2-3H,1H3. The van der Waals surface area contributed by atoms with Crippen molar-refractivity contribution in [2.24, 2.45) is 0 Å². The van der Waals surface area contributed by atoms with Gasteiger partial charge in [-0.25, -0.2) is 4.98 Å². The lowest BCUT2D eigenvalue weighted by atomic mass is 10.2. The molecule has 2 rings (SSSR count). The van der Waals surface area contributed by atoms with E-state index in [0.29, 0.717) is 9.82 Å². The summed E-state index contributed by atoms with van der Waals surface area (Å²) < 4.78 is 6.02. The highest BCUT2D eigenvalue weighted by Crippen LogP contribution is 2.26. The number of fused-ring (bicyclic) bond motifs is 1. The van der Waals surface area contributed by atoms with Crippen LogP contribution in [0.3, 0.4) is 0 Å². The minimum Gasteiger partial charge on any atom is -0.449 e. The molecule has 0 aromatic carbocycles. The van der Waals surface area contributed by atoms with Gasteiger partial charge in [0.05, 0.1) is 5.69 Å². The molecule has 0 bridgehead atoms. The zero-order valence-corrected chi connectivity index (χ0v) is 8.61. The van der Waals surface area contributed by atoms with Crippen LogP contribution in [0.25, 0.3) is 11.0 Å². The predicted molar refractivity (Wildman–Crippen MR) is 51.5 cm³/mol. The fourth-order valence-electron chi connectivity index (χ4n) is 1.12. The first kappa shape index (κ1) is 8.08. The average molecular weight is 246 g/mol. The van der Waals surface area contributed by atoms with Crippen LogP contribution in [0.2, 0.25) is 5.15 Å². The highest BCUT2D eigenvalue weighted by molar-refractivity contribution is 9.10. The Balaban J connectivity index is 2.88. The monoisotopic (exact) mass is 245 g/mol. The Labute approximate surface area is 82.7 Å². The van der Waals surface area contributed by atoms with E-state index >= 15 is 0 Å². The second kappa shape index (κ2) is 2.75. The predicted octanol–water partition coefficient (Wildman–Crippen LogP) is 3.55. The van der Waals surface area contributed by atoms with Crippen molar-refractivity contribution in [1.29, 1.82) is 0 Å². The fourth-order valence-corrected chi connectivity index (χ4v) is 1.75. The van der Waals surface area contributed by atoms with Gasteiger partial charge in [-0.05, 0) is 22.9 Å². The molecule has 0 radical (unpaired) electrons. The number of hydrogen-bond donors (Lipinski definition) is 0. The number of halogens is 2. The molecule has 0 N–H and O–H groups in total. The lowest BCUT2D eigenvalue weighted by Gasteiger charge is -1.93. The highest BCUT2D eigenvalue weighted by atomic mass is 79.9. The van der Waals surface area contributed by atoms with E-state index in [1.54, 1.807) is 6.07 Å². The van der Waals surface area contributed by atoms with Gasteiger partial charge in [-0.3, -0.25) is 0 Å². The van der Waals surface area contributed by atoms with Crippen LogP contribution in [-0.4, -0.2) is 4.98 Å². The Morgan fingerprint density at radius 2 is 2.25 bits per heavy atom. The molecule has 0 unspecified atom stereocenters. The maximum absolute atomic E-state index is 5.75. The van der Waals surface area contributed by atoms with Crippen LogP contribution < -0.4 is 0 Å².